The molecule has 0 bridgehead atoms. The molecule has 1 aliphatic heterocycles. The molecule has 1 rings (SSSR count). The van der Waals surface area contributed by atoms with Gasteiger partial charge >= 0.3 is 6.36 Å². The Morgan fingerprint density at radius 1 is 1.55 bits per heavy atom. The van der Waals surface area contributed by atoms with Gasteiger partial charge in [-0.25, -0.2) is 5.01 Å². The smallest absolute Gasteiger partial charge is 0.407 e. The summed E-state index contributed by atoms with van der Waals surface area (Å²) in [7, 11) is 1.56. The number of alkyl halides is 3. The van der Waals surface area contributed by atoms with Gasteiger partial charge in [-0.15, -0.1) is 13.2 Å². The van der Waals surface area contributed by atoms with Crippen LogP contribution in [0.3, 0.4) is 0 Å². The van der Waals surface area contributed by atoms with Crippen molar-refractivity contribution in [3.8, 4) is 0 Å². The number of nitrogens with zero attached hydrogens (tertiary/aromatic N) is 1. The summed E-state index contributed by atoms with van der Waals surface area (Å²) in [6.07, 6.45) is -3.50. The van der Waals surface area contributed by atoms with E-state index in [1.54, 1.807) is 7.05 Å². The van der Waals surface area contributed by atoms with Crippen LogP contribution in [0.2, 0.25) is 0 Å². The molecule has 1 heterocycles. The minimum atomic E-state index is -4.62. The molecule has 0 aliphatic carbocycles. The monoisotopic (exact) mass is 167 g/mol. The lowest BCUT2D eigenvalue weighted by Gasteiger charge is -2.09. The maximum atomic E-state index is 11.5. The molecule has 63 valence electrons. The van der Waals surface area contributed by atoms with Crippen LogP contribution in [-0.4, -0.2) is 18.4 Å². The van der Waals surface area contributed by atoms with E-state index >= 15 is 0 Å². The molecule has 3 nitrogen and oxygen atoms in total. The van der Waals surface area contributed by atoms with Crippen LogP contribution in [-0.2, 0) is 4.74 Å². The number of likely N-dealkylation sites (N-methyl/N-ethyl adjacent to an activating group) is 1. The molecular weight excluding hydrogens is 161 g/mol. The molecule has 1 N–H and O–H groups in total. The molecule has 0 amide bonds. The zero-order valence-electron chi connectivity index (χ0n) is 5.64. The summed E-state index contributed by atoms with van der Waals surface area (Å²) < 4.78 is 38.1. The van der Waals surface area contributed by atoms with Gasteiger partial charge in [0, 0.05) is 7.05 Å². The molecular formula is C5H6F3N2O. The molecule has 0 saturated carbocycles. The van der Waals surface area contributed by atoms with Gasteiger partial charge in [0.1, 0.15) is 12.3 Å². The van der Waals surface area contributed by atoms with Crippen LogP contribution in [0.25, 0.3) is 0 Å². The van der Waals surface area contributed by atoms with Crippen molar-refractivity contribution in [3.63, 3.8) is 0 Å². The molecule has 0 saturated heterocycles. The standard InChI is InChI=1S/C5H6F3N2O/c1-10-3-4(2-9-10)11-5(6,7)8/h2-3,9H,1H3. The minimum absolute atomic E-state index is 0.250. The van der Waals surface area contributed by atoms with Crippen molar-refractivity contribution in [2.24, 2.45) is 0 Å². The second-order valence-corrected chi connectivity index (χ2v) is 1.96. The maximum absolute atomic E-state index is 11.5. The summed E-state index contributed by atoms with van der Waals surface area (Å²) in [4.78, 5) is 0. The normalized spacial score (nSPS) is 19.5. The van der Waals surface area contributed by atoms with E-state index in [4.69, 9.17) is 0 Å². The Kier molecular flexibility index (Phi) is 1.95. The van der Waals surface area contributed by atoms with E-state index < -0.39 is 6.36 Å². The molecule has 6 heteroatoms. The van der Waals surface area contributed by atoms with Gasteiger partial charge in [0.15, 0.2) is 0 Å². The van der Waals surface area contributed by atoms with E-state index in [0.717, 1.165) is 6.20 Å². The molecule has 0 fully saturated rings. The zero-order valence-corrected chi connectivity index (χ0v) is 5.64. The van der Waals surface area contributed by atoms with Gasteiger partial charge < -0.3 is 10.2 Å². The average Bonchev–Trinajstić information content (AvgIpc) is 2.10. The number of nitrogens with one attached hydrogen (secondary N) is 1. The highest BCUT2D eigenvalue weighted by Gasteiger charge is 2.33. The topological polar surface area (TPSA) is 24.5 Å². The second kappa shape index (κ2) is 2.61. The van der Waals surface area contributed by atoms with Crippen molar-refractivity contribution < 1.29 is 17.9 Å². The van der Waals surface area contributed by atoms with E-state index in [0.29, 0.717) is 0 Å². The number of hydrazine groups is 1. The van der Waals surface area contributed by atoms with Crippen molar-refractivity contribution in [3.05, 3.63) is 18.5 Å². The first kappa shape index (κ1) is 8.19. The highest BCUT2D eigenvalue weighted by Crippen LogP contribution is 2.23. The highest BCUT2D eigenvalue weighted by molar-refractivity contribution is 5.08. The Hall–Kier alpha value is -0.910. The van der Waals surface area contributed by atoms with Crippen LogP contribution >= 0.6 is 0 Å². The van der Waals surface area contributed by atoms with Crippen LogP contribution in [0.15, 0.2) is 12.0 Å². The third kappa shape index (κ3) is 2.67. The fourth-order valence-corrected chi connectivity index (χ4v) is 0.620. The Morgan fingerprint density at radius 2 is 2.18 bits per heavy atom. The van der Waals surface area contributed by atoms with Crippen molar-refractivity contribution in [2.45, 2.75) is 6.36 Å². The Bertz CT molecular complexity index is 177. The summed E-state index contributed by atoms with van der Waals surface area (Å²) in [5.41, 5.74) is 2.48. The maximum Gasteiger partial charge on any atom is 0.572 e. The largest absolute Gasteiger partial charge is 0.572 e. The van der Waals surface area contributed by atoms with E-state index in [1.165, 1.54) is 11.6 Å². The van der Waals surface area contributed by atoms with Gasteiger partial charge in [-0.05, 0) is 0 Å². The molecule has 11 heavy (non-hydrogen) atoms. The van der Waals surface area contributed by atoms with Crippen LogP contribution in [0, 0.1) is 6.54 Å². The molecule has 1 radical (unpaired) electrons. The van der Waals surface area contributed by atoms with Crippen molar-refractivity contribution in [2.75, 3.05) is 7.05 Å². The van der Waals surface area contributed by atoms with E-state index in [2.05, 4.69) is 10.2 Å². The van der Waals surface area contributed by atoms with Gasteiger partial charge in [-0.2, -0.15) is 0 Å². The lowest BCUT2D eigenvalue weighted by molar-refractivity contribution is -0.304. The number of ether oxygens (including phenoxy) is 1. The van der Waals surface area contributed by atoms with Crippen molar-refractivity contribution >= 4 is 0 Å². The van der Waals surface area contributed by atoms with Crippen LogP contribution in [0.4, 0.5) is 13.2 Å². The fourth-order valence-electron chi connectivity index (χ4n) is 0.620. The Labute approximate surface area is 61.4 Å². The fraction of sp³-hybridized carbons (Fsp3) is 0.400. The van der Waals surface area contributed by atoms with Gasteiger partial charge in [0.05, 0.1) is 6.20 Å². The first-order chi connectivity index (χ1) is 4.97. The van der Waals surface area contributed by atoms with Gasteiger partial charge in [-0.1, -0.05) is 0 Å². The zero-order chi connectivity index (χ0) is 8.48. The number of rotatable bonds is 1. The average molecular weight is 167 g/mol. The first-order valence-electron chi connectivity index (χ1n) is 2.77. The van der Waals surface area contributed by atoms with Crippen LogP contribution < -0.4 is 5.43 Å². The summed E-state index contributed by atoms with van der Waals surface area (Å²) in [6, 6.07) is 0. The summed E-state index contributed by atoms with van der Waals surface area (Å²) >= 11 is 0. The first-order valence-corrected chi connectivity index (χ1v) is 2.77. The van der Waals surface area contributed by atoms with E-state index in [9.17, 15) is 13.2 Å². The Balaban J connectivity index is 2.40. The SMILES string of the molecule is CN1[CH]C(OC(F)(F)F)=CN1. The predicted octanol–water partition coefficient (Wildman–Crippen LogP) is 0.976. The molecule has 0 aromatic carbocycles. The summed E-state index contributed by atoms with van der Waals surface area (Å²) in [6.45, 7) is 1.19. The van der Waals surface area contributed by atoms with Gasteiger partial charge in [-0.3, -0.25) is 0 Å². The van der Waals surface area contributed by atoms with E-state index in [-0.39, 0.29) is 5.76 Å². The summed E-state index contributed by atoms with van der Waals surface area (Å²) in [5.74, 6) is -0.250. The van der Waals surface area contributed by atoms with Gasteiger partial charge in [0.2, 0.25) is 0 Å². The quantitative estimate of drug-likeness (QED) is 0.629. The van der Waals surface area contributed by atoms with Gasteiger partial charge in [0.25, 0.3) is 0 Å². The lowest BCUT2D eigenvalue weighted by atomic mass is 10.5. The third-order valence-corrected chi connectivity index (χ3v) is 0.965. The minimum Gasteiger partial charge on any atom is -0.407 e. The number of hydrogen-bond acceptors (Lipinski definition) is 3. The molecule has 0 spiro atoms. The van der Waals surface area contributed by atoms with Crippen molar-refractivity contribution in [1.29, 1.82) is 0 Å². The molecule has 0 aromatic rings. The molecule has 0 unspecified atom stereocenters. The summed E-state index contributed by atoms with van der Waals surface area (Å²) in [5, 5.41) is 1.35. The lowest BCUT2D eigenvalue weighted by Crippen LogP contribution is -2.21. The molecule has 0 atom stereocenters. The highest BCUT2D eigenvalue weighted by atomic mass is 19.4. The molecule has 0 aromatic heterocycles. The molecule has 1 aliphatic rings. The van der Waals surface area contributed by atoms with Crippen LogP contribution in [0.1, 0.15) is 0 Å². The number of halogens is 3. The number of hydrogen-bond donors (Lipinski definition) is 1. The Morgan fingerprint density at radius 3 is 2.55 bits per heavy atom. The predicted molar refractivity (Wildman–Crippen MR) is 30.4 cm³/mol. The second-order valence-electron chi connectivity index (χ2n) is 1.96. The third-order valence-electron chi connectivity index (χ3n) is 0.965. The van der Waals surface area contributed by atoms with Crippen molar-refractivity contribution in [1.82, 2.24) is 10.4 Å². The van der Waals surface area contributed by atoms with E-state index in [1.807, 2.05) is 0 Å². The van der Waals surface area contributed by atoms with Crippen LogP contribution in [0.5, 0.6) is 0 Å².